The van der Waals surface area contributed by atoms with Gasteiger partial charge in [0.1, 0.15) is 4.83 Å². The molecule has 7 nitrogen and oxygen atoms in total. The van der Waals surface area contributed by atoms with Crippen LogP contribution in [0.4, 0.5) is 0 Å². The summed E-state index contributed by atoms with van der Waals surface area (Å²) in [4.78, 5) is 19.9. The molecular formula is C18H20N6OS3. The Kier molecular flexibility index (Phi) is 5.88. The second kappa shape index (κ2) is 8.54. The highest BCUT2D eigenvalue weighted by molar-refractivity contribution is 7.98. The summed E-state index contributed by atoms with van der Waals surface area (Å²) < 4.78 is 3.58. The van der Waals surface area contributed by atoms with E-state index in [2.05, 4.69) is 22.4 Å². The first-order chi connectivity index (χ1) is 13.7. The first-order valence-electron chi connectivity index (χ1n) is 9.16. The third-order valence-electron chi connectivity index (χ3n) is 4.42. The van der Waals surface area contributed by atoms with Gasteiger partial charge in [-0.25, -0.2) is 9.67 Å². The zero-order valence-corrected chi connectivity index (χ0v) is 18.1. The molecule has 4 rings (SSSR count). The van der Waals surface area contributed by atoms with Gasteiger partial charge in [-0.05, 0) is 35.2 Å². The van der Waals surface area contributed by atoms with Gasteiger partial charge in [-0.1, -0.05) is 31.2 Å². The van der Waals surface area contributed by atoms with E-state index in [0.717, 1.165) is 40.5 Å². The smallest absolute Gasteiger partial charge is 0.263 e. The summed E-state index contributed by atoms with van der Waals surface area (Å²) in [6.07, 6.45) is 2.12. The maximum absolute atomic E-state index is 13.2. The molecule has 0 unspecified atom stereocenters. The van der Waals surface area contributed by atoms with Crippen LogP contribution in [0.1, 0.15) is 32.5 Å². The Balaban J connectivity index is 1.67. The van der Waals surface area contributed by atoms with Gasteiger partial charge in [0.2, 0.25) is 0 Å². The molecule has 10 heteroatoms. The molecule has 4 aromatic rings. The lowest BCUT2D eigenvalue weighted by atomic mass is 10.2. The lowest BCUT2D eigenvalue weighted by Gasteiger charge is -2.10. The van der Waals surface area contributed by atoms with Gasteiger partial charge in [-0.15, -0.1) is 27.8 Å². The van der Waals surface area contributed by atoms with E-state index in [1.54, 1.807) is 15.9 Å². The summed E-state index contributed by atoms with van der Waals surface area (Å²) >= 11 is 4.67. The predicted molar refractivity (Wildman–Crippen MR) is 115 cm³/mol. The minimum Gasteiger partial charge on any atom is -0.287 e. The largest absolute Gasteiger partial charge is 0.287 e. The Hall–Kier alpha value is -2.04. The van der Waals surface area contributed by atoms with Gasteiger partial charge < -0.3 is 0 Å². The van der Waals surface area contributed by atoms with Crippen LogP contribution in [-0.2, 0) is 18.8 Å². The first-order valence-corrected chi connectivity index (χ1v) is 11.9. The number of fused-ring (bicyclic) bond motifs is 1. The number of hydrogen-bond acceptors (Lipinski definition) is 8. The van der Waals surface area contributed by atoms with Crippen LogP contribution >= 0.6 is 34.4 Å². The molecule has 0 radical (unpaired) electrons. The molecule has 0 aliphatic carbocycles. The maximum Gasteiger partial charge on any atom is 0.263 e. The van der Waals surface area contributed by atoms with Crippen LogP contribution in [0.25, 0.3) is 20.7 Å². The SMILES string of the molecule is CCCCn1nnnc1CSc1nc2scc(-c3cccs3)c2c(=O)n1CC. The molecule has 4 aromatic heterocycles. The van der Waals surface area contributed by atoms with Crippen molar-refractivity contribution in [1.82, 2.24) is 29.8 Å². The van der Waals surface area contributed by atoms with E-state index in [1.807, 2.05) is 34.5 Å². The van der Waals surface area contributed by atoms with E-state index in [-0.39, 0.29) is 5.56 Å². The Bertz CT molecular complexity index is 1130. The van der Waals surface area contributed by atoms with Crippen LogP contribution < -0.4 is 5.56 Å². The number of hydrogen-bond donors (Lipinski definition) is 0. The molecule has 0 bridgehead atoms. The van der Waals surface area contributed by atoms with Crippen molar-refractivity contribution in [3.8, 4) is 10.4 Å². The first kappa shape index (κ1) is 19.3. The standard InChI is InChI=1S/C18H20N6OS3/c1-3-5-8-24-14(20-21-22-24)11-28-18-19-16-15(17(25)23(18)4-2)12(10-27-16)13-7-6-9-26-13/h6-7,9-10H,3-5,8,11H2,1-2H3. The average Bonchev–Trinajstić information content (AvgIpc) is 3.44. The van der Waals surface area contributed by atoms with E-state index in [0.29, 0.717) is 22.8 Å². The van der Waals surface area contributed by atoms with Crippen LogP contribution in [0.2, 0.25) is 0 Å². The highest BCUT2D eigenvalue weighted by atomic mass is 32.2. The zero-order chi connectivity index (χ0) is 19.5. The number of thiophene rings is 2. The molecule has 0 saturated carbocycles. The van der Waals surface area contributed by atoms with Crippen molar-refractivity contribution in [3.63, 3.8) is 0 Å². The van der Waals surface area contributed by atoms with Crippen LogP contribution in [0, 0.1) is 0 Å². The molecule has 0 N–H and O–H groups in total. The number of aromatic nitrogens is 6. The van der Waals surface area contributed by atoms with Crippen molar-refractivity contribution in [2.24, 2.45) is 0 Å². The van der Waals surface area contributed by atoms with Crippen LogP contribution in [0.15, 0.2) is 32.8 Å². The Morgan fingerprint density at radius 1 is 1.25 bits per heavy atom. The minimum atomic E-state index is 0.0187. The summed E-state index contributed by atoms with van der Waals surface area (Å²) in [6.45, 7) is 5.50. The van der Waals surface area contributed by atoms with Crippen LogP contribution in [0.3, 0.4) is 0 Å². The highest BCUT2D eigenvalue weighted by Gasteiger charge is 2.18. The maximum atomic E-state index is 13.2. The third-order valence-corrected chi connectivity index (χ3v) is 7.17. The topological polar surface area (TPSA) is 78.5 Å². The molecule has 0 amide bonds. The predicted octanol–water partition coefficient (Wildman–Crippen LogP) is 4.29. The fourth-order valence-corrected chi connectivity index (χ4v) is 5.74. The van der Waals surface area contributed by atoms with Crippen molar-refractivity contribution < 1.29 is 0 Å². The van der Waals surface area contributed by atoms with Crippen molar-refractivity contribution >= 4 is 44.7 Å². The van der Waals surface area contributed by atoms with Gasteiger partial charge in [0.05, 0.1) is 11.1 Å². The van der Waals surface area contributed by atoms with E-state index in [9.17, 15) is 4.79 Å². The summed E-state index contributed by atoms with van der Waals surface area (Å²) in [5.41, 5.74) is 1.000. The van der Waals surface area contributed by atoms with Crippen LogP contribution in [0.5, 0.6) is 0 Å². The molecule has 0 saturated heterocycles. The lowest BCUT2D eigenvalue weighted by molar-refractivity contribution is 0.540. The van der Waals surface area contributed by atoms with E-state index in [4.69, 9.17) is 4.98 Å². The molecule has 0 fully saturated rings. The Morgan fingerprint density at radius 2 is 2.14 bits per heavy atom. The number of nitrogens with zero attached hydrogens (tertiary/aromatic N) is 6. The molecule has 146 valence electrons. The number of tetrazole rings is 1. The van der Waals surface area contributed by atoms with Gasteiger partial charge in [0, 0.05) is 28.9 Å². The molecule has 0 aliphatic rings. The van der Waals surface area contributed by atoms with Crippen molar-refractivity contribution in [2.75, 3.05) is 0 Å². The van der Waals surface area contributed by atoms with Crippen molar-refractivity contribution in [1.29, 1.82) is 0 Å². The molecule has 0 atom stereocenters. The number of thioether (sulfide) groups is 1. The van der Waals surface area contributed by atoms with Crippen LogP contribution in [-0.4, -0.2) is 29.8 Å². The Morgan fingerprint density at radius 3 is 2.89 bits per heavy atom. The Labute approximate surface area is 174 Å². The van der Waals surface area contributed by atoms with Gasteiger partial charge in [-0.3, -0.25) is 9.36 Å². The second-order valence-corrected chi connectivity index (χ2v) is 8.96. The van der Waals surface area contributed by atoms with Gasteiger partial charge >= 0.3 is 0 Å². The van der Waals surface area contributed by atoms with Crippen molar-refractivity contribution in [3.05, 3.63) is 39.1 Å². The van der Waals surface area contributed by atoms with E-state index >= 15 is 0 Å². The molecule has 4 heterocycles. The number of unbranched alkanes of at least 4 members (excludes halogenated alkanes) is 1. The molecule has 0 spiro atoms. The average molecular weight is 433 g/mol. The number of rotatable bonds is 8. The summed E-state index contributed by atoms with van der Waals surface area (Å²) in [7, 11) is 0. The molecule has 0 aliphatic heterocycles. The van der Waals surface area contributed by atoms with E-state index in [1.165, 1.54) is 23.1 Å². The fourth-order valence-electron chi connectivity index (χ4n) is 2.95. The minimum absolute atomic E-state index is 0.0187. The molecule has 28 heavy (non-hydrogen) atoms. The second-order valence-electron chi connectivity index (χ2n) is 6.21. The van der Waals surface area contributed by atoms with Gasteiger partial charge in [0.15, 0.2) is 11.0 Å². The fraction of sp³-hybridized carbons (Fsp3) is 0.389. The van der Waals surface area contributed by atoms with Gasteiger partial charge in [-0.2, -0.15) is 0 Å². The summed E-state index contributed by atoms with van der Waals surface area (Å²) in [5, 5.41) is 17.5. The van der Waals surface area contributed by atoms with Gasteiger partial charge in [0.25, 0.3) is 5.56 Å². The lowest BCUT2D eigenvalue weighted by Crippen LogP contribution is -2.22. The quantitative estimate of drug-likeness (QED) is 0.305. The van der Waals surface area contributed by atoms with E-state index < -0.39 is 0 Å². The zero-order valence-electron chi connectivity index (χ0n) is 15.7. The summed E-state index contributed by atoms with van der Waals surface area (Å²) in [6, 6.07) is 4.04. The molecular weight excluding hydrogens is 412 g/mol. The normalized spacial score (nSPS) is 11.5. The number of aryl methyl sites for hydroxylation is 1. The highest BCUT2D eigenvalue weighted by Crippen LogP contribution is 2.34. The van der Waals surface area contributed by atoms with Crippen molar-refractivity contribution in [2.45, 2.75) is 50.7 Å². The molecule has 0 aromatic carbocycles. The summed E-state index contributed by atoms with van der Waals surface area (Å²) in [5.74, 6) is 1.39. The third kappa shape index (κ3) is 3.63. The monoisotopic (exact) mass is 432 g/mol.